The fourth-order valence-electron chi connectivity index (χ4n) is 1.61. The van der Waals surface area contributed by atoms with Gasteiger partial charge in [-0.1, -0.05) is 5.11 Å². The third-order valence-electron chi connectivity index (χ3n) is 2.59. The maximum Gasteiger partial charge on any atom is 0.407 e. The van der Waals surface area contributed by atoms with Crippen molar-refractivity contribution >= 4 is 6.09 Å². The first kappa shape index (κ1) is 13.6. The van der Waals surface area contributed by atoms with Crippen LogP contribution in [0.25, 0.3) is 10.4 Å². The third kappa shape index (κ3) is 5.39. The second-order valence-corrected chi connectivity index (χ2v) is 3.68. The van der Waals surface area contributed by atoms with Crippen molar-refractivity contribution in [2.75, 3.05) is 52.5 Å². The molecule has 1 N–H and O–H groups in total. The van der Waals surface area contributed by atoms with E-state index in [0.29, 0.717) is 32.8 Å². The quantitative estimate of drug-likeness (QED) is 0.319. The van der Waals surface area contributed by atoms with Crippen molar-refractivity contribution in [1.82, 2.24) is 9.80 Å². The molecule has 0 aromatic rings. The molecule has 1 rings (SSSR count). The van der Waals surface area contributed by atoms with Gasteiger partial charge >= 0.3 is 6.09 Å². The van der Waals surface area contributed by atoms with Crippen molar-refractivity contribution in [1.29, 1.82) is 0 Å². The second-order valence-electron chi connectivity index (χ2n) is 3.68. The maximum absolute atomic E-state index is 10.7. The molecule has 8 heteroatoms. The number of carbonyl (C=O) groups is 1. The lowest BCUT2D eigenvalue weighted by atomic mass is 10.3. The lowest BCUT2D eigenvalue weighted by Gasteiger charge is -2.32. The Bertz CT molecular complexity index is 284. The summed E-state index contributed by atoms with van der Waals surface area (Å²) in [6, 6.07) is 0. The van der Waals surface area contributed by atoms with E-state index in [2.05, 4.69) is 14.9 Å². The molecule has 0 atom stereocenters. The van der Waals surface area contributed by atoms with E-state index in [0.717, 1.165) is 19.6 Å². The Balaban J connectivity index is 2.02. The smallest absolute Gasteiger partial charge is 0.407 e. The number of amides is 1. The minimum Gasteiger partial charge on any atom is -0.465 e. The van der Waals surface area contributed by atoms with E-state index < -0.39 is 6.09 Å². The van der Waals surface area contributed by atoms with Crippen molar-refractivity contribution in [3.63, 3.8) is 0 Å². The normalized spacial score (nSPS) is 16.6. The summed E-state index contributed by atoms with van der Waals surface area (Å²) < 4.78 is 5.28. The van der Waals surface area contributed by atoms with Gasteiger partial charge in [-0.2, -0.15) is 0 Å². The van der Waals surface area contributed by atoms with Crippen molar-refractivity contribution in [2.24, 2.45) is 5.11 Å². The predicted molar refractivity (Wildman–Crippen MR) is 60.9 cm³/mol. The van der Waals surface area contributed by atoms with E-state index in [1.165, 1.54) is 4.90 Å². The number of azide groups is 1. The van der Waals surface area contributed by atoms with E-state index in [9.17, 15) is 4.79 Å². The van der Waals surface area contributed by atoms with Crippen molar-refractivity contribution < 1.29 is 14.6 Å². The third-order valence-corrected chi connectivity index (χ3v) is 2.59. The van der Waals surface area contributed by atoms with Crippen LogP contribution in [0.5, 0.6) is 0 Å². The van der Waals surface area contributed by atoms with Crippen LogP contribution in [-0.2, 0) is 4.74 Å². The van der Waals surface area contributed by atoms with E-state index in [-0.39, 0.29) is 0 Å². The molecule has 1 saturated heterocycles. The van der Waals surface area contributed by atoms with Crippen molar-refractivity contribution in [3.05, 3.63) is 10.4 Å². The number of rotatable bonds is 6. The van der Waals surface area contributed by atoms with Crippen LogP contribution in [0.3, 0.4) is 0 Å². The van der Waals surface area contributed by atoms with Gasteiger partial charge in [0.2, 0.25) is 0 Å². The Kier molecular flexibility index (Phi) is 6.16. The Morgan fingerprint density at radius 3 is 2.65 bits per heavy atom. The average molecular weight is 243 g/mol. The Hall–Kier alpha value is -1.50. The summed E-state index contributed by atoms with van der Waals surface area (Å²) in [4.78, 5) is 16.9. The Labute approximate surface area is 99.4 Å². The van der Waals surface area contributed by atoms with Gasteiger partial charge in [0.1, 0.15) is 0 Å². The highest BCUT2D eigenvalue weighted by atomic mass is 16.5. The largest absolute Gasteiger partial charge is 0.465 e. The number of hydrogen-bond acceptors (Lipinski definition) is 4. The van der Waals surface area contributed by atoms with E-state index >= 15 is 0 Å². The Morgan fingerprint density at radius 1 is 1.35 bits per heavy atom. The molecule has 1 aliphatic rings. The summed E-state index contributed by atoms with van der Waals surface area (Å²) in [5, 5.41) is 12.1. The van der Waals surface area contributed by atoms with Gasteiger partial charge in [-0.15, -0.1) is 0 Å². The molecule has 0 radical (unpaired) electrons. The highest BCUT2D eigenvalue weighted by molar-refractivity contribution is 5.65. The molecule has 1 fully saturated rings. The number of carboxylic acid groups (broad SMARTS) is 1. The SMILES string of the molecule is [N-]=[N+]=NCCOCCN1CCN(C(=O)O)CC1. The number of ether oxygens (including phenoxy) is 1. The van der Waals surface area contributed by atoms with Gasteiger partial charge in [-0.05, 0) is 5.53 Å². The van der Waals surface area contributed by atoms with Gasteiger partial charge in [0.15, 0.2) is 0 Å². The molecule has 1 amide bonds. The molecule has 0 spiro atoms. The number of piperazine rings is 1. The van der Waals surface area contributed by atoms with Gasteiger partial charge in [0, 0.05) is 44.2 Å². The molecule has 17 heavy (non-hydrogen) atoms. The van der Waals surface area contributed by atoms with Gasteiger partial charge in [-0.3, -0.25) is 4.90 Å². The van der Waals surface area contributed by atoms with Crippen molar-refractivity contribution in [2.45, 2.75) is 0 Å². The zero-order chi connectivity index (χ0) is 12.5. The number of nitrogens with zero attached hydrogens (tertiary/aromatic N) is 5. The molecule has 96 valence electrons. The molecular formula is C9H17N5O3. The van der Waals surface area contributed by atoms with Gasteiger partial charge in [-0.25, -0.2) is 4.79 Å². The van der Waals surface area contributed by atoms with Crippen molar-refractivity contribution in [3.8, 4) is 0 Å². The molecule has 0 bridgehead atoms. The van der Waals surface area contributed by atoms with Gasteiger partial charge in [0.25, 0.3) is 0 Å². The van der Waals surface area contributed by atoms with Gasteiger partial charge in [0.05, 0.1) is 13.2 Å². The summed E-state index contributed by atoms with van der Waals surface area (Å²) in [7, 11) is 0. The van der Waals surface area contributed by atoms with Crippen LogP contribution in [0, 0.1) is 0 Å². The van der Waals surface area contributed by atoms with E-state index in [4.69, 9.17) is 15.4 Å². The van der Waals surface area contributed by atoms with Crippen LogP contribution in [0.1, 0.15) is 0 Å². The van der Waals surface area contributed by atoms with E-state index in [1.807, 2.05) is 0 Å². The lowest BCUT2D eigenvalue weighted by Crippen LogP contribution is -2.49. The minimum atomic E-state index is -0.852. The second kappa shape index (κ2) is 7.72. The summed E-state index contributed by atoms with van der Waals surface area (Å²) in [5.74, 6) is 0. The molecule has 0 saturated carbocycles. The molecule has 1 heterocycles. The molecule has 0 unspecified atom stereocenters. The summed E-state index contributed by atoms with van der Waals surface area (Å²) in [5.41, 5.74) is 8.04. The number of hydrogen-bond donors (Lipinski definition) is 1. The summed E-state index contributed by atoms with van der Waals surface area (Å²) >= 11 is 0. The lowest BCUT2D eigenvalue weighted by molar-refractivity contribution is 0.0750. The molecule has 0 aliphatic carbocycles. The zero-order valence-corrected chi connectivity index (χ0v) is 9.66. The molecular weight excluding hydrogens is 226 g/mol. The van der Waals surface area contributed by atoms with Crippen LogP contribution >= 0.6 is 0 Å². The highest BCUT2D eigenvalue weighted by Crippen LogP contribution is 2.01. The predicted octanol–water partition coefficient (Wildman–Crippen LogP) is 0.609. The molecule has 0 aromatic carbocycles. The zero-order valence-electron chi connectivity index (χ0n) is 9.66. The maximum atomic E-state index is 10.7. The summed E-state index contributed by atoms with van der Waals surface area (Å²) in [6.45, 7) is 4.72. The van der Waals surface area contributed by atoms with Crippen LogP contribution in [0.4, 0.5) is 4.79 Å². The molecule has 0 aromatic heterocycles. The fraction of sp³-hybridized carbons (Fsp3) is 0.889. The first-order valence-electron chi connectivity index (χ1n) is 5.53. The van der Waals surface area contributed by atoms with Crippen LogP contribution in [0.15, 0.2) is 5.11 Å². The average Bonchev–Trinajstić information content (AvgIpc) is 2.34. The first-order valence-corrected chi connectivity index (χ1v) is 5.53. The van der Waals surface area contributed by atoms with Crippen LogP contribution in [-0.4, -0.2) is 73.5 Å². The monoisotopic (exact) mass is 243 g/mol. The van der Waals surface area contributed by atoms with Crippen LogP contribution < -0.4 is 0 Å². The molecule has 8 nitrogen and oxygen atoms in total. The topological polar surface area (TPSA) is 102 Å². The van der Waals surface area contributed by atoms with E-state index in [1.54, 1.807) is 0 Å². The first-order chi connectivity index (χ1) is 8.24. The molecule has 1 aliphatic heterocycles. The Morgan fingerprint density at radius 2 is 2.06 bits per heavy atom. The summed E-state index contributed by atoms with van der Waals surface area (Å²) in [6.07, 6.45) is -0.852. The standard InChI is InChI=1S/C9H17N5O3/c10-12-11-1-7-17-8-6-13-2-4-14(5-3-13)9(15)16/h1-8H2,(H,15,16). The minimum absolute atomic E-state index is 0.350. The van der Waals surface area contributed by atoms with Gasteiger partial charge < -0.3 is 14.7 Å². The fourth-order valence-corrected chi connectivity index (χ4v) is 1.61. The van der Waals surface area contributed by atoms with Crippen LogP contribution in [0.2, 0.25) is 0 Å². The highest BCUT2D eigenvalue weighted by Gasteiger charge is 2.19.